The van der Waals surface area contributed by atoms with Crippen molar-refractivity contribution < 1.29 is 70.3 Å². The molecule has 5 aliphatic rings. The first kappa shape index (κ1) is 106. The highest BCUT2D eigenvalue weighted by molar-refractivity contribution is 7.56. The molecule has 0 amide bonds. The fourth-order valence-electron chi connectivity index (χ4n) is 20.5. The van der Waals surface area contributed by atoms with E-state index in [-0.39, 0.29) is 84.0 Å². The minimum atomic E-state index is -2.28. The van der Waals surface area contributed by atoms with Crippen LogP contribution in [0.2, 0.25) is 0 Å². The summed E-state index contributed by atoms with van der Waals surface area (Å²) in [6.45, 7) is 85.2. The van der Waals surface area contributed by atoms with Gasteiger partial charge < -0.3 is 46.3 Å². The molecule has 17 heteroatoms. The molecule has 0 radical (unpaired) electrons. The number of benzene rings is 11. The van der Waals surface area contributed by atoms with Crippen molar-refractivity contribution in [1.29, 1.82) is 0 Å². The molecule has 16 rings (SSSR count). The van der Waals surface area contributed by atoms with Gasteiger partial charge in [-0.25, -0.2) is 0 Å². The van der Waals surface area contributed by atoms with Gasteiger partial charge in [-0.05, 0) is 247 Å². The first-order valence-electron chi connectivity index (χ1n) is 50.5. The number of ether oxygens (including phenoxy) is 5. The van der Waals surface area contributed by atoms with Gasteiger partial charge in [0.2, 0.25) is 0 Å². The van der Waals surface area contributed by atoms with Crippen molar-refractivity contribution in [1.82, 2.24) is 0 Å². The van der Waals surface area contributed by atoms with Crippen LogP contribution in [0.1, 0.15) is 404 Å². The minimum Gasteiger partial charge on any atom is -0.435 e. The van der Waals surface area contributed by atoms with E-state index >= 15 is 0 Å². The van der Waals surface area contributed by atoms with Crippen LogP contribution in [0.3, 0.4) is 0 Å². The number of carbonyl (C=O) groups is 5. The van der Waals surface area contributed by atoms with Crippen LogP contribution < -0.4 is 51.6 Å². The van der Waals surface area contributed by atoms with Gasteiger partial charge in [0, 0.05) is 55.6 Å². The average molecular weight is 1970 g/mol. The molecule has 0 saturated heterocycles. The van der Waals surface area contributed by atoms with Gasteiger partial charge in [-0.1, -0.05) is 347 Å². The number of hydrogen-bond acceptors (Lipinski definition) is 15. The highest BCUT2D eigenvalue weighted by Gasteiger charge is 2.48. The SMILES string of the molecule is Cc1cc(C2C(=O)Oc3c2cc(C(C)(C)C)cc3C(C)(C)C)cc(C)c1OP(Oc1c(C)cc(C2C(=O)Oc3c2cc(C(C)(C)C)cc3C(C)(C)C)cc1C)Oc1c(C)cc(C2C(=O)Oc3c2cc(C(C)(C)C)cc3C(C)(C)C)cc1C.Cc1cc(C2C(=O)Oc3c2cc(C(C)(C)C)cc3C(C)(C)C)cc(C)c1OP(Oc1c(C)cc(C2C(=O)Oc3c2cc(C(C)(C)C)cc3C(C)(C)C)cc1C)c1ccccc1. The van der Waals surface area contributed by atoms with Crippen molar-refractivity contribution in [3.8, 4) is 57.5 Å². The van der Waals surface area contributed by atoms with Crippen molar-refractivity contribution in [2.75, 3.05) is 0 Å². The summed E-state index contributed by atoms with van der Waals surface area (Å²) in [4.78, 5) is 70.0. The van der Waals surface area contributed by atoms with Crippen molar-refractivity contribution in [2.24, 2.45) is 0 Å². The van der Waals surface area contributed by atoms with Gasteiger partial charge in [0.25, 0.3) is 0 Å². The Kier molecular flexibility index (Phi) is 27.6. The predicted molar refractivity (Wildman–Crippen MR) is 579 cm³/mol. The molecule has 5 atom stereocenters. The van der Waals surface area contributed by atoms with Crippen LogP contribution in [0.25, 0.3) is 0 Å². The third kappa shape index (κ3) is 21.0. The fraction of sp³-hybridized carbons (Fsp3) is 0.437. The molecule has 15 nitrogen and oxygen atoms in total. The van der Waals surface area contributed by atoms with Crippen molar-refractivity contribution in [2.45, 2.75) is 361 Å². The quantitative estimate of drug-likeness (QED) is 0.0506. The van der Waals surface area contributed by atoms with Gasteiger partial charge in [0.05, 0.1) is 5.30 Å². The molecule has 11 aromatic carbocycles. The van der Waals surface area contributed by atoms with E-state index in [4.69, 9.17) is 46.3 Å². The Bertz CT molecular complexity index is 6350. The molecule has 754 valence electrons. The number of hydrogen-bond donors (Lipinski definition) is 0. The lowest BCUT2D eigenvalue weighted by Crippen LogP contribution is -2.17. The lowest BCUT2D eigenvalue weighted by atomic mass is 9.77. The Balaban J connectivity index is 0.000000225. The Labute approximate surface area is 853 Å². The lowest BCUT2D eigenvalue weighted by Gasteiger charge is -2.27. The Morgan fingerprint density at radius 3 is 0.524 bits per heavy atom. The topological polar surface area (TPSA) is 178 Å². The van der Waals surface area contributed by atoms with E-state index in [0.29, 0.717) is 57.5 Å². The van der Waals surface area contributed by atoms with E-state index in [1.807, 2.05) is 136 Å². The second-order valence-electron chi connectivity index (χ2n) is 51.2. The van der Waals surface area contributed by atoms with Gasteiger partial charge in [-0.15, -0.1) is 0 Å². The standard InChI is InChI=1S/C72H87O9P.C54H63O6P/c1-37-25-43(55-49-31-46(67(7,8)9)34-52(70(16,17)18)61(49)76-64(55)73)26-38(2)58(37)79-82(80-59-39(3)27-44(28-40(59)4)56-50-32-47(68(10,11)12)35-53(71(19,20)21)62(50)77-65(56)74)81-60-41(5)29-45(30-42(60)6)57-51-33-48(69(13,14)15)36-54(72(22,23)24)63(51)78-66(57)75;1-30-22-34(43-39-26-36(51(5,6)7)28-41(53(11,12)13)47(39)57-49(43)55)23-31(2)45(30)59-61(38-20-18-17-19-21-38)60-46-32(3)24-35(25-33(46)4)44-40-27-37(52(8,9)10)29-42(54(14,15)16)48(40)58-50(44)56/h25-36,55-57H,1-24H3;17-29,43-44H,1-16H3. The maximum Gasteiger partial charge on any atom is 0.530 e. The third-order valence-electron chi connectivity index (χ3n) is 28.6. The predicted octanol–water partition coefficient (Wildman–Crippen LogP) is 31.5. The first-order chi connectivity index (χ1) is 65.9. The Morgan fingerprint density at radius 1 is 0.210 bits per heavy atom. The van der Waals surface area contributed by atoms with Crippen LogP contribution >= 0.6 is 17.0 Å². The summed E-state index contributed by atoms with van der Waals surface area (Å²) >= 11 is 0. The summed E-state index contributed by atoms with van der Waals surface area (Å²) in [5.41, 5.74) is 25.8. The zero-order valence-corrected chi connectivity index (χ0v) is 94.1. The molecule has 5 aliphatic heterocycles. The van der Waals surface area contributed by atoms with Gasteiger partial charge in [0.15, 0.2) is 0 Å². The van der Waals surface area contributed by atoms with Crippen LogP contribution in [0, 0.1) is 69.2 Å². The van der Waals surface area contributed by atoms with Gasteiger partial charge >= 0.3 is 46.8 Å². The van der Waals surface area contributed by atoms with E-state index in [9.17, 15) is 24.0 Å². The van der Waals surface area contributed by atoms with Crippen molar-refractivity contribution in [3.05, 3.63) is 319 Å². The monoisotopic (exact) mass is 1970 g/mol. The molecule has 0 fully saturated rings. The molecule has 0 N–H and O–H groups in total. The number of esters is 5. The summed E-state index contributed by atoms with van der Waals surface area (Å²) in [6.07, 6.45) is 0. The molecule has 0 aromatic heterocycles. The summed E-state index contributed by atoms with van der Waals surface area (Å²) in [5, 5.41) is 0.915. The van der Waals surface area contributed by atoms with E-state index in [2.05, 4.69) is 293 Å². The minimum absolute atomic E-state index is 0.111. The Hall–Kier alpha value is -11.4. The average Bonchev–Trinajstić information content (AvgIpc) is 1.57. The first-order valence-corrected chi connectivity index (χ1v) is 52.8. The van der Waals surface area contributed by atoms with Crippen LogP contribution in [-0.4, -0.2) is 29.8 Å². The summed E-state index contributed by atoms with van der Waals surface area (Å²) in [6, 6.07) is 52.1. The molecule has 0 aliphatic carbocycles. The number of carbonyl (C=O) groups excluding carboxylic acids is 5. The lowest BCUT2D eigenvalue weighted by molar-refractivity contribution is -0.134. The zero-order chi connectivity index (χ0) is 105. The number of rotatable bonds is 16. The number of fused-ring (bicyclic) bond motifs is 5. The summed E-state index contributed by atoms with van der Waals surface area (Å²) < 4.78 is 65.9. The Morgan fingerprint density at radius 2 is 0.371 bits per heavy atom. The van der Waals surface area contributed by atoms with E-state index in [1.165, 1.54) is 11.1 Å². The maximum atomic E-state index is 14.1. The van der Waals surface area contributed by atoms with Crippen LogP contribution in [0.15, 0.2) is 152 Å². The van der Waals surface area contributed by atoms with Gasteiger partial charge in [-0.3, -0.25) is 24.0 Å². The highest BCUT2D eigenvalue weighted by Crippen LogP contribution is 2.59. The molecule has 143 heavy (non-hydrogen) atoms. The van der Waals surface area contributed by atoms with E-state index in [0.717, 1.165) is 161 Å². The largest absolute Gasteiger partial charge is 0.530 e. The van der Waals surface area contributed by atoms with Crippen LogP contribution in [-0.2, 0) is 78.1 Å². The second-order valence-corrected chi connectivity index (χ2v) is 53.6. The van der Waals surface area contributed by atoms with Gasteiger partial charge in [-0.2, -0.15) is 0 Å². The smallest absolute Gasteiger partial charge is 0.435 e. The maximum absolute atomic E-state index is 14.1. The second kappa shape index (κ2) is 37.3. The van der Waals surface area contributed by atoms with E-state index < -0.39 is 46.6 Å². The van der Waals surface area contributed by atoms with E-state index in [1.54, 1.807) is 0 Å². The summed E-state index contributed by atoms with van der Waals surface area (Å²) in [7, 11) is -3.95. The van der Waals surface area contributed by atoms with Crippen LogP contribution in [0.5, 0.6) is 57.5 Å². The molecule has 0 spiro atoms. The van der Waals surface area contributed by atoms with Gasteiger partial charge in [0.1, 0.15) is 87.1 Å². The number of aryl methyl sites for hydroxylation is 10. The molecule has 0 bridgehead atoms. The highest BCUT2D eigenvalue weighted by atomic mass is 31.2. The van der Waals surface area contributed by atoms with Crippen molar-refractivity contribution >= 4 is 52.1 Å². The normalized spacial score (nSPS) is 17.5. The molecule has 11 aromatic rings. The molecular weight excluding hydrogens is 1820 g/mol. The summed E-state index contributed by atoms with van der Waals surface area (Å²) in [5.74, 6) is 1.91. The fourth-order valence-corrected chi connectivity index (χ4v) is 23.4. The van der Waals surface area contributed by atoms with Crippen LogP contribution in [0.4, 0.5) is 0 Å². The molecule has 0 saturated carbocycles. The molecular formula is C126H150O15P2. The zero-order valence-electron chi connectivity index (χ0n) is 92.3. The molecule has 5 unspecified atom stereocenters. The van der Waals surface area contributed by atoms with Crippen molar-refractivity contribution in [3.63, 3.8) is 0 Å². The molecule has 5 heterocycles. The third-order valence-corrected chi connectivity index (χ3v) is 31.0.